The number of nitrogens with zero attached hydrogens (tertiary/aromatic N) is 1. The monoisotopic (exact) mass is 206 g/mol. The smallest absolute Gasteiger partial charge is 0.0794 e. The Balaban J connectivity index is 2.13. The van der Waals surface area contributed by atoms with Gasteiger partial charge in [-0.25, -0.2) is 0 Å². The van der Waals surface area contributed by atoms with E-state index < -0.39 is 5.60 Å². The number of β-amino-alcohol motifs (C(OH)–C–C–N with tert-alkyl or cyclic N) is 1. The van der Waals surface area contributed by atoms with Gasteiger partial charge in [-0.05, 0) is 44.0 Å². The number of benzene rings is 1. The minimum atomic E-state index is -0.556. The topological polar surface area (TPSA) is 49.5 Å². The molecule has 1 aromatic rings. The number of piperidine rings is 1. The highest BCUT2D eigenvalue weighted by molar-refractivity contribution is 5.53. The zero-order valence-electron chi connectivity index (χ0n) is 9.11. The zero-order valence-corrected chi connectivity index (χ0v) is 9.11. The van der Waals surface area contributed by atoms with Crippen LogP contribution < -0.4 is 10.6 Å². The Hall–Kier alpha value is -1.22. The minimum absolute atomic E-state index is 0.556. The lowest BCUT2D eigenvalue weighted by molar-refractivity contribution is 0.0449. The second-order valence-electron chi connectivity index (χ2n) is 4.61. The molecule has 1 saturated heterocycles. The Bertz CT molecular complexity index is 332. The summed E-state index contributed by atoms with van der Waals surface area (Å²) in [5.41, 5.74) is 7.01. The number of aliphatic hydroxyl groups is 1. The number of hydrogen-bond donors (Lipinski definition) is 2. The molecule has 15 heavy (non-hydrogen) atoms. The second-order valence-corrected chi connectivity index (χ2v) is 4.61. The zero-order chi connectivity index (χ0) is 10.9. The number of nitrogen functional groups attached to an aromatic ring is 1. The van der Waals surface area contributed by atoms with Gasteiger partial charge in [-0.15, -0.1) is 0 Å². The summed E-state index contributed by atoms with van der Waals surface area (Å²) in [7, 11) is 0. The summed E-state index contributed by atoms with van der Waals surface area (Å²) in [5, 5.41) is 9.99. The van der Waals surface area contributed by atoms with E-state index >= 15 is 0 Å². The van der Waals surface area contributed by atoms with Crippen LogP contribution in [0.1, 0.15) is 19.8 Å². The molecule has 1 aromatic carbocycles. The second kappa shape index (κ2) is 3.74. The van der Waals surface area contributed by atoms with E-state index in [1.54, 1.807) is 0 Å². The van der Waals surface area contributed by atoms with Crippen molar-refractivity contribution in [1.82, 2.24) is 0 Å². The molecule has 3 nitrogen and oxygen atoms in total. The van der Waals surface area contributed by atoms with Crippen LogP contribution in [0.5, 0.6) is 0 Å². The van der Waals surface area contributed by atoms with Crippen molar-refractivity contribution in [2.24, 2.45) is 0 Å². The molecule has 0 radical (unpaired) electrons. The molecule has 82 valence electrons. The van der Waals surface area contributed by atoms with Gasteiger partial charge in [0, 0.05) is 24.5 Å². The van der Waals surface area contributed by atoms with Crippen molar-refractivity contribution in [3.8, 4) is 0 Å². The standard InChI is InChI=1S/C12H18N2O/c1-12(15)7-2-8-14(9-12)11-5-3-10(13)4-6-11/h3-6,15H,2,7-9,13H2,1H3. The van der Waals surface area contributed by atoms with Crippen LogP contribution in [0, 0.1) is 0 Å². The van der Waals surface area contributed by atoms with Crippen LogP contribution in [-0.4, -0.2) is 23.8 Å². The summed E-state index contributed by atoms with van der Waals surface area (Å²) in [6.07, 6.45) is 1.93. The van der Waals surface area contributed by atoms with Crippen LogP contribution in [0.15, 0.2) is 24.3 Å². The van der Waals surface area contributed by atoms with Gasteiger partial charge in [-0.3, -0.25) is 0 Å². The summed E-state index contributed by atoms with van der Waals surface area (Å²) in [4.78, 5) is 2.21. The van der Waals surface area contributed by atoms with E-state index in [1.165, 1.54) is 0 Å². The van der Waals surface area contributed by atoms with Crippen molar-refractivity contribution in [2.75, 3.05) is 23.7 Å². The van der Waals surface area contributed by atoms with Crippen LogP contribution >= 0.6 is 0 Å². The van der Waals surface area contributed by atoms with E-state index in [0.717, 1.165) is 30.8 Å². The highest BCUT2D eigenvalue weighted by Crippen LogP contribution is 2.25. The van der Waals surface area contributed by atoms with Crippen LogP contribution in [0.25, 0.3) is 0 Å². The first-order valence-electron chi connectivity index (χ1n) is 5.40. The predicted octanol–water partition coefficient (Wildman–Crippen LogP) is 1.62. The summed E-state index contributed by atoms with van der Waals surface area (Å²) < 4.78 is 0. The van der Waals surface area contributed by atoms with Crippen LogP contribution in [0.4, 0.5) is 11.4 Å². The predicted molar refractivity (Wildman–Crippen MR) is 62.9 cm³/mol. The molecule has 1 heterocycles. The Morgan fingerprint density at radius 3 is 2.60 bits per heavy atom. The fourth-order valence-electron chi connectivity index (χ4n) is 2.13. The summed E-state index contributed by atoms with van der Waals surface area (Å²) in [5.74, 6) is 0. The number of anilines is 2. The molecule has 3 heteroatoms. The van der Waals surface area contributed by atoms with Gasteiger partial charge in [0.05, 0.1) is 5.60 Å². The van der Waals surface area contributed by atoms with E-state index in [9.17, 15) is 5.11 Å². The largest absolute Gasteiger partial charge is 0.399 e. The molecule has 1 atom stereocenters. The lowest BCUT2D eigenvalue weighted by atomic mass is 9.95. The Labute approximate surface area is 90.5 Å². The van der Waals surface area contributed by atoms with E-state index in [2.05, 4.69) is 4.90 Å². The van der Waals surface area contributed by atoms with Crippen molar-refractivity contribution < 1.29 is 5.11 Å². The van der Waals surface area contributed by atoms with Crippen LogP contribution in [0.2, 0.25) is 0 Å². The molecule has 1 fully saturated rings. The summed E-state index contributed by atoms with van der Waals surface area (Å²) >= 11 is 0. The van der Waals surface area contributed by atoms with Crippen molar-refractivity contribution in [2.45, 2.75) is 25.4 Å². The average Bonchev–Trinajstić information content (AvgIpc) is 2.17. The lowest BCUT2D eigenvalue weighted by Crippen LogP contribution is -2.46. The molecule has 3 N–H and O–H groups in total. The molecule has 0 saturated carbocycles. The molecule has 1 unspecified atom stereocenters. The van der Waals surface area contributed by atoms with Gasteiger partial charge >= 0.3 is 0 Å². The summed E-state index contributed by atoms with van der Waals surface area (Å²) in [6, 6.07) is 7.82. The molecule has 1 aliphatic heterocycles. The van der Waals surface area contributed by atoms with E-state index in [0.29, 0.717) is 6.54 Å². The third kappa shape index (κ3) is 2.42. The van der Waals surface area contributed by atoms with Crippen molar-refractivity contribution in [1.29, 1.82) is 0 Å². The summed E-state index contributed by atoms with van der Waals surface area (Å²) in [6.45, 7) is 3.62. The normalized spacial score (nSPS) is 26.7. The molecule has 0 spiro atoms. The quantitative estimate of drug-likeness (QED) is 0.686. The molecular formula is C12H18N2O. The molecular weight excluding hydrogens is 188 g/mol. The molecule has 2 rings (SSSR count). The average molecular weight is 206 g/mol. The van der Waals surface area contributed by atoms with Crippen molar-refractivity contribution in [3.05, 3.63) is 24.3 Å². The first kappa shape index (κ1) is 10.3. The first-order valence-corrected chi connectivity index (χ1v) is 5.40. The number of hydrogen-bond acceptors (Lipinski definition) is 3. The lowest BCUT2D eigenvalue weighted by Gasteiger charge is -2.38. The highest BCUT2D eigenvalue weighted by atomic mass is 16.3. The third-order valence-electron chi connectivity index (χ3n) is 2.93. The SMILES string of the molecule is CC1(O)CCCN(c2ccc(N)cc2)C1. The van der Waals surface area contributed by atoms with Crippen molar-refractivity contribution >= 4 is 11.4 Å². The van der Waals surface area contributed by atoms with Gasteiger partial charge in [0.1, 0.15) is 0 Å². The Morgan fingerprint density at radius 2 is 2.00 bits per heavy atom. The maximum absolute atomic E-state index is 9.99. The molecule has 0 bridgehead atoms. The molecule has 0 aromatic heterocycles. The van der Waals surface area contributed by atoms with Crippen LogP contribution in [-0.2, 0) is 0 Å². The van der Waals surface area contributed by atoms with E-state index in [4.69, 9.17) is 5.73 Å². The van der Waals surface area contributed by atoms with Gasteiger partial charge in [-0.2, -0.15) is 0 Å². The van der Waals surface area contributed by atoms with E-state index in [1.807, 2.05) is 31.2 Å². The fourth-order valence-corrected chi connectivity index (χ4v) is 2.13. The van der Waals surface area contributed by atoms with Gasteiger partial charge < -0.3 is 15.7 Å². The van der Waals surface area contributed by atoms with E-state index in [-0.39, 0.29) is 0 Å². The third-order valence-corrected chi connectivity index (χ3v) is 2.93. The molecule has 0 amide bonds. The first-order chi connectivity index (χ1) is 7.07. The van der Waals surface area contributed by atoms with Gasteiger partial charge in [0.15, 0.2) is 0 Å². The maximum atomic E-state index is 9.99. The van der Waals surface area contributed by atoms with Crippen LogP contribution in [0.3, 0.4) is 0 Å². The maximum Gasteiger partial charge on any atom is 0.0794 e. The Kier molecular flexibility index (Phi) is 2.57. The highest BCUT2D eigenvalue weighted by Gasteiger charge is 2.28. The van der Waals surface area contributed by atoms with Gasteiger partial charge in [0.25, 0.3) is 0 Å². The minimum Gasteiger partial charge on any atom is -0.399 e. The van der Waals surface area contributed by atoms with Crippen molar-refractivity contribution in [3.63, 3.8) is 0 Å². The molecule has 1 aliphatic rings. The van der Waals surface area contributed by atoms with Gasteiger partial charge in [0.2, 0.25) is 0 Å². The fraction of sp³-hybridized carbons (Fsp3) is 0.500. The number of nitrogens with two attached hydrogens (primary N) is 1. The Morgan fingerprint density at radius 1 is 1.33 bits per heavy atom. The molecule has 0 aliphatic carbocycles. The van der Waals surface area contributed by atoms with Gasteiger partial charge in [-0.1, -0.05) is 0 Å². The number of rotatable bonds is 1.